The Morgan fingerprint density at radius 1 is 1.16 bits per heavy atom. The van der Waals surface area contributed by atoms with E-state index >= 15 is 0 Å². The van der Waals surface area contributed by atoms with Gasteiger partial charge in [-0.25, -0.2) is 4.98 Å². The molecular formula is C24H30N4O2S. The van der Waals surface area contributed by atoms with E-state index < -0.39 is 0 Å². The highest BCUT2D eigenvalue weighted by Crippen LogP contribution is 2.37. The molecule has 2 aromatic rings. The maximum atomic E-state index is 12.6. The molecule has 2 aliphatic heterocycles. The smallest absolute Gasteiger partial charge is 0.240 e. The third-order valence-corrected chi connectivity index (χ3v) is 7.44. The third kappa shape index (κ3) is 4.67. The van der Waals surface area contributed by atoms with Crippen LogP contribution in [-0.4, -0.2) is 47.9 Å². The molecule has 164 valence electrons. The van der Waals surface area contributed by atoms with Crippen molar-refractivity contribution in [2.45, 2.75) is 45.4 Å². The summed E-state index contributed by atoms with van der Waals surface area (Å²) in [5, 5.41) is 5.61. The number of nitrogens with one attached hydrogen (secondary N) is 1. The van der Waals surface area contributed by atoms with Crippen molar-refractivity contribution in [1.82, 2.24) is 9.88 Å². The van der Waals surface area contributed by atoms with E-state index in [4.69, 9.17) is 0 Å². The van der Waals surface area contributed by atoms with Crippen molar-refractivity contribution in [2.75, 3.05) is 36.4 Å². The Morgan fingerprint density at radius 3 is 2.74 bits per heavy atom. The van der Waals surface area contributed by atoms with Crippen LogP contribution in [0.2, 0.25) is 0 Å². The lowest BCUT2D eigenvalue weighted by Gasteiger charge is -2.30. The van der Waals surface area contributed by atoms with Gasteiger partial charge in [0.05, 0.1) is 12.2 Å². The van der Waals surface area contributed by atoms with Gasteiger partial charge in [-0.3, -0.25) is 14.5 Å². The number of amides is 2. The lowest BCUT2D eigenvalue weighted by atomic mass is 9.98. The predicted octanol–water partition coefficient (Wildman–Crippen LogP) is 4.17. The van der Waals surface area contributed by atoms with Gasteiger partial charge in [-0.2, -0.15) is 0 Å². The van der Waals surface area contributed by atoms with Crippen LogP contribution in [-0.2, 0) is 16.0 Å². The first-order valence-electron chi connectivity index (χ1n) is 11.5. The number of likely N-dealkylation sites (tertiary alicyclic amines) is 1. The minimum Gasteiger partial charge on any atom is -0.312 e. The number of thiazole rings is 1. The normalized spacial score (nSPS) is 19.8. The Bertz CT molecular complexity index is 976. The number of aromatic nitrogens is 1. The van der Waals surface area contributed by atoms with Gasteiger partial charge < -0.3 is 10.2 Å². The van der Waals surface area contributed by atoms with E-state index in [1.807, 2.05) is 16.3 Å². The van der Waals surface area contributed by atoms with Gasteiger partial charge in [0, 0.05) is 29.1 Å². The molecule has 0 radical (unpaired) electrons. The lowest BCUT2D eigenvalue weighted by Crippen LogP contribution is -2.38. The minimum atomic E-state index is 0.00937. The molecule has 1 aromatic carbocycles. The van der Waals surface area contributed by atoms with Gasteiger partial charge in [0.15, 0.2) is 5.13 Å². The standard InChI is InChI=1S/C24H30N4O2S/c1-16-8-11-27(12-9-16)14-22(29)26-24-25-20(15-31-24)18-6-7-21-19(13-18)3-2-10-28(21)23(30)17-4-5-17/h6-7,13,15-17H,2-5,8-12,14H2,1H3,(H,25,26,29). The maximum Gasteiger partial charge on any atom is 0.240 e. The van der Waals surface area contributed by atoms with Crippen molar-refractivity contribution in [3.05, 3.63) is 29.1 Å². The van der Waals surface area contributed by atoms with Crippen LogP contribution in [0.3, 0.4) is 0 Å². The summed E-state index contributed by atoms with van der Waals surface area (Å²) < 4.78 is 0. The number of fused-ring (bicyclic) bond motifs is 1. The second-order valence-electron chi connectivity index (χ2n) is 9.26. The second-order valence-corrected chi connectivity index (χ2v) is 10.1. The zero-order chi connectivity index (χ0) is 21.4. The molecule has 1 saturated heterocycles. The minimum absolute atomic E-state index is 0.00937. The Morgan fingerprint density at radius 2 is 1.97 bits per heavy atom. The summed E-state index contributed by atoms with van der Waals surface area (Å²) in [6.45, 7) is 5.52. The Labute approximate surface area is 187 Å². The highest BCUT2D eigenvalue weighted by atomic mass is 32.1. The van der Waals surface area contributed by atoms with Gasteiger partial charge in [0.25, 0.3) is 0 Å². The van der Waals surface area contributed by atoms with Crippen LogP contribution >= 0.6 is 11.3 Å². The molecule has 2 amide bonds. The average molecular weight is 439 g/mol. The molecule has 5 rings (SSSR count). The van der Waals surface area contributed by atoms with E-state index in [0.29, 0.717) is 11.7 Å². The van der Waals surface area contributed by atoms with Crippen molar-refractivity contribution >= 4 is 34.0 Å². The van der Waals surface area contributed by atoms with Crippen LogP contribution in [0.1, 0.15) is 44.6 Å². The van der Waals surface area contributed by atoms with Gasteiger partial charge in [0.2, 0.25) is 11.8 Å². The number of hydrogen-bond acceptors (Lipinski definition) is 5. The molecular weight excluding hydrogens is 408 g/mol. The van der Waals surface area contributed by atoms with Crippen LogP contribution in [0, 0.1) is 11.8 Å². The zero-order valence-corrected chi connectivity index (χ0v) is 18.9. The van der Waals surface area contributed by atoms with Crippen LogP contribution < -0.4 is 10.2 Å². The van der Waals surface area contributed by atoms with E-state index in [-0.39, 0.29) is 17.7 Å². The maximum absolute atomic E-state index is 12.6. The summed E-state index contributed by atoms with van der Waals surface area (Å²) in [4.78, 5) is 33.9. The van der Waals surface area contributed by atoms with Crippen LogP contribution in [0.15, 0.2) is 23.6 Å². The first-order chi connectivity index (χ1) is 15.1. The second kappa shape index (κ2) is 8.71. The fraction of sp³-hybridized carbons (Fsp3) is 0.542. The van der Waals surface area contributed by atoms with Gasteiger partial charge in [0.1, 0.15) is 0 Å². The molecule has 1 saturated carbocycles. The third-order valence-electron chi connectivity index (χ3n) is 6.68. The van der Waals surface area contributed by atoms with Crippen LogP contribution in [0.5, 0.6) is 0 Å². The zero-order valence-electron chi connectivity index (χ0n) is 18.1. The SMILES string of the molecule is CC1CCN(CC(=O)Nc2nc(-c3ccc4c(c3)CCCN4C(=O)C3CC3)cs2)CC1. The molecule has 1 N–H and O–H groups in total. The number of hydrogen-bond donors (Lipinski definition) is 1. The number of nitrogens with zero attached hydrogens (tertiary/aromatic N) is 3. The molecule has 0 unspecified atom stereocenters. The number of piperidine rings is 1. The number of carbonyl (C=O) groups excluding carboxylic acids is 2. The van der Waals surface area contributed by atoms with Gasteiger partial charge in [-0.15, -0.1) is 11.3 Å². The van der Waals surface area contributed by atoms with Crippen molar-refractivity contribution in [1.29, 1.82) is 0 Å². The summed E-state index contributed by atoms with van der Waals surface area (Å²) >= 11 is 1.46. The topological polar surface area (TPSA) is 65.5 Å². The molecule has 0 spiro atoms. The molecule has 2 fully saturated rings. The Balaban J connectivity index is 1.24. The van der Waals surface area contributed by atoms with Crippen LogP contribution in [0.25, 0.3) is 11.3 Å². The Hall–Kier alpha value is -2.25. The molecule has 7 heteroatoms. The molecule has 3 heterocycles. The van der Waals surface area contributed by atoms with E-state index in [2.05, 4.69) is 34.3 Å². The first kappa shape index (κ1) is 20.6. The number of anilines is 2. The highest BCUT2D eigenvalue weighted by Gasteiger charge is 2.35. The predicted molar refractivity (Wildman–Crippen MR) is 124 cm³/mol. The largest absolute Gasteiger partial charge is 0.312 e. The first-order valence-corrected chi connectivity index (χ1v) is 12.4. The highest BCUT2D eigenvalue weighted by molar-refractivity contribution is 7.14. The van der Waals surface area contributed by atoms with Crippen molar-refractivity contribution in [3.8, 4) is 11.3 Å². The Kier molecular flexibility index (Phi) is 5.80. The van der Waals surface area contributed by atoms with Crippen molar-refractivity contribution in [3.63, 3.8) is 0 Å². The lowest BCUT2D eigenvalue weighted by molar-refractivity contribution is -0.120. The van der Waals surface area contributed by atoms with E-state index in [1.54, 1.807) is 0 Å². The number of carbonyl (C=O) groups is 2. The molecule has 3 aliphatic rings. The van der Waals surface area contributed by atoms with Gasteiger partial charge in [-0.1, -0.05) is 13.0 Å². The van der Waals surface area contributed by atoms with E-state index in [1.165, 1.54) is 16.9 Å². The summed E-state index contributed by atoms with van der Waals surface area (Å²) in [6, 6.07) is 6.28. The summed E-state index contributed by atoms with van der Waals surface area (Å²) in [6.07, 6.45) is 6.38. The fourth-order valence-corrected chi connectivity index (χ4v) is 5.32. The molecule has 0 atom stereocenters. The van der Waals surface area contributed by atoms with E-state index in [9.17, 15) is 9.59 Å². The monoisotopic (exact) mass is 438 g/mol. The van der Waals surface area contributed by atoms with Gasteiger partial charge >= 0.3 is 0 Å². The van der Waals surface area contributed by atoms with Crippen molar-refractivity contribution in [2.24, 2.45) is 11.8 Å². The average Bonchev–Trinajstić information content (AvgIpc) is 3.53. The molecule has 6 nitrogen and oxygen atoms in total. The molecule has 31 heavy (non-hydrogen) atoms. The van der Waals surface area contributed by atoms with Crippen LogP contribution in [0.4, 0.5) is 10.8 Å². The summed E-state index contributed by atoms with van der Waals surface area (Å²) in [5.41, 5.74) is 4.20. The number of aryl methyl sites for hydroxylation is 1. The molecule has 1 aliphatic carbocycles. The van der Waals surface area contributed by atoms with Gasteiger partial charge in [-0.05, 0) is 75.2 Å². The van der Waals surface area contributed by atoms with Crippen molar-refractivity contribution < 1.29 is 9.59 Å². The quantitative estimate of drug-likeness (QED) is 0.761. The molecule has 0 bridgehead atoms. The molecule has 1 aromatic heterocycles. The number of benzene rings is 1. The number of rotatable bonds is 5. The van der Waals surface area contributed by atoms with E-state index in [0.717, 1.165) is 81.0 Å². The fourth-order valence-electron chi connectivity index (χ4n) is 4.58. The summed E-state index contributed by atoms with van der Waals surface area (Å²) in [5.74, 6) is 1.30. The summed E-state index contributed by atoms with van der Waals surface area (Å²) in [7, 11) is 0.